The standard InChI is InChI=1S/C18H13Cl2FN4O/c19-15-5-2-6-16(20)14(15)9-18(26)24-13-8-17(25-22-10-13)23-12-4-1-3-11(21)7-12/h1-8,10H,9H2,(H2,23,24,25,26). The van der Waals surface area contributed by atoms with Gasteiger partial charge in [0.15, 0.2) is 5.82 Å². The minimum absolute atomic E-state index is 0.0213. The van der Waals surface area contributed by atoms with E-state index < -0.39 is 0 Å². The summed E-state index contributed by atoms with van der Waals surface area (Å²) in [6.07, 6.45) is 1.43. The fraction of sp³-hybridized carbons (Fsp3) is 0.0556. The number of hydrogen-bond acceptors (Lipinski definition) is 4. The van der Waals surface area contributed by atoms with Crippen molar-refractivity contribution in [3.05, 3.63) is 76.2 Å². The molecular formula is C18H13Cl2FN4O. The molecule has 2 aromatic carbocycles. The van der Waals surface area contributed by atoms with Crippen molar-refractivity contribution in [2.24, 2.45) is 0 Å². The van der Waals surface area contributed by atoms with Crippen LogP contribution in [0.25, 0.3) is 0 Å². The largest absolute Gasteiger partial charge is 0.339 e. The number of amides is 1. The highest BCUT2D eigenvalue weighted by Gasteiger charge is 2.11. The predicted octanol–water partition coefficient (Wildman–Crippen LogP) is 4.85. The fourth-order valence-electron chi connectivity index (χ4n) is 2.28. The van der Waals surface area contributed by atoms with Crippen LogP contribution in [-0.2, 0) is 11.2 Å². The number of hydrogen-bond donors (Lipinski definition) is 2. The van der Waals surface area contributed by atoms with Crippen LogP contribution in [0.15, 0.2) is 54.7 Å². The van der Waals surface area contributed by atoms with Crippen LogP contribution in [0.1, 0.15) is 5.56 Å². The first-order chi connectivity index (χ1) is 12.5. The molecule has 0 radical (unpaired) electrons. The molecule has 0 saturated heterocycles. The van der Waals surface area contributed by atoms with Crippen molar-refractivity contribution >= 4 is 46.3 Å². The summed E-state index contributed by atoms with van der Waals surface area (Å²) >= 11 is 12.2. The highest BCUT2D eigenvalue weighted by molar-refractivity contribution is 6.36. The summed E-state index contributed by atoms with van der Waals surface area (Å²) in [6.45, 7) is 0. The van der Waals surface area contributed by atoms with E-state index in [-0.39, 0.29) is 18.1 Å². The van der Waals surface area contributed by atoms with E-state index in [1.165, 1.54) is 18.3 Å². The van der Waals surface area contributed by atoms with Gasteiger partial charge >= 0.3 is 0 Å². The summed E-state index contributed by atoms with van der Waals surface area (Å²) in [4.78, 5) is 12.3. The highest BCUT2D eigenvalue weighted by atomic mass is 35.5. The van der Waals surface area contributed by atoms with Gasteiger partial charge in [-0.2, -0.15) is 5.10 Å². The minimum Gasteiger partial charge on any atom is -0.339 e. The molecule has 1 amide bonds. The summed E-state index contributed by atoms with van der Waals surface area (Å²) in [6, 6.07) is 12.6. The summed E-state index contributed by atoms with van der Waals surface area (Å²) < 4.78 is 13.2. The normalized spacial score (nSPS) is 10.4. The maximum absolute atomic E-state index is 13.2. The molecule has 26 heavy (non-hydrogen) atoms. The van der Waals surface area contributed by atoms with Crippen LogP contribution in [0.2, 0.25) is 10.0 Å². The Morgan fingerprint density at radius 3 is 2.50 bits per heavy atom. The smallest absolute Gasteiger partial charge is 0.228 e. The molecule has 0 aliphatic heterocycles. The maximum Gasteiger partial charge on any atom is 0.228 e. The van der Waals surface area contributed by atoms with E-state index in [4.69, 9.17) is 23.2 Å². The molecule has 0 atom stereocenters. The highest BCUT2D eigenvalue weighted by Crippen LogP contribution is 2.25. The van der Waals surface area contributed by atoms with Crippen molar-refractivity contribution in [3.63, 3.8) is 0 Å². The molecule has 0 fully saturated rings. The third kappa shape index (κ3) is 4.68. The van der Waals surface area contributed by atoms with Crippen molar-refractivity contribution < 1.29 is 9.18 Å². The summed E-state index contributed by atoms with van der Waals surface area (Å²) in [5.74, 6) is -0.307. The number of nitrogens with zero attached hydrogens (tertiary/aromatic N) is 2. The molecule has 0 saturated carbocycles. The quantitative estimate of drug-likeness (QED) is 0.653. The maximum atomic E-state index is 13.2. The SMILES string of the molecule is O=C(Cc1c(Cl)cccc1Cl)Nc1cnnc(Nc2cccc(F)c2)c1. The Hall–Kier alpha value is -2.70. The monoisotopic (exact) mass is 390 g/mol. The second-order valence-electron chi connectivity index (χ2n) is 5.39. The van der Waals surface area contributed by atoms with Crippen LogP contribution in [0.4, 0.5) is 21.6 Å². The van der Waals surface area contributed by atoms with Gasteiger partial charge in [0, 0.05) is 21.8 Å². The average molecular weight is 391 g/mol. The van der Waals surface area contributed by atoms with Gasteiger partial charge in [0.2, 0.25) is 5.91 Å². The van der Waals surface area contributed by atoms with Gasteiger partial charge in [-0.1, -0.05) is 35.3 Å². The predicted molar refractivity (Wildman–Crippen MR) is 101 cm³/mol. The zero-order chi connectivity index (χ0) is 18.5. The van der Waals surface area contributed by atoms with Crippen LogP contribution < -0.4 is 10.6 Å². The summed E-state index contributed by atoms with van der Waals surface area (Å²) in [7, 11) is 0. The lowest BCUT2D eigenvalue weighted by atomic mass is 10.1. The number of anilines is 3. The van der Waals surface area contributed by atoms with Gasteiger partial charge in [-0.3, -0.25) is 4.79 Å². The Balaban J connectivity index is 1.69. The Labute approximate surface area is 159 Å². The number of halogens is 3. The number of rotatable bonds is 5. The van der Waals surface area contributed by atoms with Gasteiger partial charge in [-0.15, -0.1) is 5.10 Å². The molecule has 0 aliphatic carbocycles. The molecule has 0 unspecified atom stereocenters. The Morgan fingerprint density at radius 2 is 1.77 bits per heavy atom. The van der Waals surface area contributed by atoms with E-state index >= 15 is 0 Å². The summed E-state index contributed by atoms with van der Waals surface area (Å²) in [5.41, 5.74) is 1.51. The van der Waals surface area contributed by atoms with E-state index in [9.17, 15) is 9.18 Å². The van der Waals surface area contributed by atoms with Crippen molar-refractivity contribution in [3.8, 4) is 0 Å². The molecule has 5 nitrogen and oxygen atoms in total. The first kappa shape index (κ1) is 18.1. The molecule has 1 heterocycles. The van der Waals surface area contributed by atoms with Crippen LogP contribution in [0.5, 0.6) is 0 Å². The molecular weight excluding hydrogens is 378 g/mol. The third-order valence-corrected chi connectivity index (χ3v) is 4.14. The van der Waals surface area contributed by atoms with Crippen molar-refractivity contribution in [1.29, 1.82) is 0 Å². The molecule has 0 bridgehead atoms. The van der Waals surface area contributed by atoms with Crippen LogP contribution in [0.3, 0.4) is 0 Å². The zero-order valence-corrected chi connectivity index (χ0v) is 14.9. The van der Waals surface area contributed by atoms with Crippen molar-refractivity contribution in [2.75, 3.05) is 10.6 Å². The van der Waals surface area contributed by atoms with E-state index in [2.05, 4.69) is 20.8 Å². The van der Waals surface area contributed by atoms with Gasteiger partial charge < -0.3 is 10.6 Å². The van der Waals surface area contributed by atoms with E-state index in [0.29, 0.717) is 32.8 Å². The van der Waals surface area contributed by atoms with Gasteiger partial charge in [0.25, 0.3) is 0 Å². The molecule has 3 rings (SSSR count). The van der Waals surface area contributed by atoms with E-state index in [1.807, 2.05) is 0 Å². The van der Waals surface area contributed by atoms with Crippen molar-refractivity contribution in [2.45, 2.75) is 6.42 Å². The third-order valence-electron chi connectivity index (χ3n) is 3.43. The van der Waals surface area contributed by atoms with E-state index in [0.717, 1.165) is 0 Å². The molecule has 1 aromatic heterocycles. The number of benzene rings is 2. The Kier molecular flexibility index (Phi) is 5.65. The van der Waals surface area contributed by atoms with Crippen LogP contribution in [0, 0.1) is 5.82 Å². The van der Waals surface area contributed by atoms with Crippen LogP contribution in [-0.4, -0.2) is 16.1 Å². The first-order valence-electron chi connectivity index (χ1n) is 7.59. The first-order valence-corrected chi connectivity index (χ1v) is 8.35. The number of carbonyl (C=O) groups is 1. The van der Waals surface area contributed by atoms with E-state index in [1.54, 1.807) is 36.4 Å². The van der Waals surface area contributed by atoms with Gasteiger partial charge in [0.1, 0.15) is 5.82 Å². The zero-order valence-electron chi connectivity index (χ0n) is 13.3. The topological polar surface area (TPSA) is 66.9 Å². The lowest BCUT2D eigenvalue weighted by Crippen LogP contribution is -2.15. The fourth-order valence-corrected chi connectivity index (χ4v) is 2.81. The number of aromatic nitrogens is 2. The lowest BCUT2D eigenvalue weighted by molar-refractivity contribution is -0.115. The summed E-state index contributed by atoms with van der Waals surface area (Å²) in [5, 5.41) is 14.2. The molecule has 2 N–H and O–H groups in total. The Bertz CT molecular complexity index is 932. The Morgan fingerprint density at radius 1 is 1.04 bits per heavy atom. The molecule has 8 heteroatoms. The number of carbonyl (C=O) groups excluding carboxylic acids is 1. The van der Waals surface area contributed by atoms with Crippen LogP contribution >= 0.6 is 23.2 Å². The number of nitrogens with one attached hydrogen (secondary N) is 2. The molecule has 0 aliphatic rings. The lowest BCUT2D eigenvalue weighted by Gasteiger charge is -2.09. The second kappa shape index (κ2) is 8.12. The molecule has 0 spiro atoms. The van der Waals surface area contributed by atoms with Gasteiger partial charge in [-0.05, 0) is 35.9 Å². The molecule has 132 valence electrons. The van der Waals surface area contributed by atoms with Crippen molar-refractivity contribution in [1.82, 2.24) is 10.2 Å². The molecule has 3 aromatic rings. The minimum atomic E-state index is -0.371. The second-order valence-corrected chi connectivity index (χ2v) is 6.20. The van der Waals surface area contributed by atoms with Gasteiger partial charge in [-0.25, -0.2) is 4.39 Å². The average Bonchev–Trinajstić information content (AvgIpc) is 2.59. The van der Waals surface area contributed by atoms with Gasteiger partial charge in [0.05, 0.1) is 18.3 Å².